The van der Waals surface area contributed by atoms with E-state index in [2.05, 4.69) is 5.32 Å². The molecule has 0 amide bonds. The molecule has 0 unspecified atom stereocenters. The number of sulfonamides is 1. The van der Waals surface area contributed by atoms with E-state index in [0.29, 0.717) is 12.5 Å². The number of hydrogen-bond acceptors (Lipinski definition) is 3. The molecule has 4 nitrogen and oxygen atoms in total. The third kappa shape index (κ3) is 2.99. The number of rotatable bonds is 6. The lowest BCUT2D eigenvalue weighted by Gasteiger charge is -2.18. The number of hydrogen-bond donors (Lipinski definition) is 1. The van der Waals surface area contributed by atoms with Crippen LogP contribution < -0.4 is 5.32 Å². The van der Waals surface area contributed by atoms with Gasteiger partial charge in [0.1, 0.15) is 10.7 Å². The first-order chi connectivity index (χ1) is 9.37. The zero-order valence-electron chi connectivity index (χ0n) is 11.5. The highest BCUT2D eigenvalue weighted by Gasteiger charge is 2.31. The second-order valence-electron chi connectivity index (χ2n) is 5.10. The first kappa shape index (κ1) is 15.3. The molecule has 0 radical (unpaired) electrons. The normalized spacial score (nSPS) is 15.8. The number of halogens is 2. The molecular weight excluding hydrogens is 286 g/mol. The van der Waals surface area contributed by atoms with Crippen molar-refractivity contribution in [3.63, 3.8) is 0 Å². The van der Waals surface area contributed by atoms with E-state index in [4.69, 9.17) is 0 Å². The molecule has 0 heterocycles. The first-order valence-electron chi connectivity index (χ1n) is 6.45. The molecule has 1 aliphatic carbocycles. The van der Waals surface area contributed by atoms with Crippen LogP contribution in [0.25, 0.3) is 0 Å². The summed E-state index contributed by atoms with van der Waals surface area (Å²) in [5.41, 5.74) is -0.256. The molecule has 1 N–H and O–H groups in total. The Bertz CT molecular complexity index is 601. The summed E-state index contributed by atoms with van der Waals surface area (Å²) >= 11 is 0. The molecule has 0 aromatic heterocycles. The van der Waals surface area contributed by atoms with Crippen molar-refractivity contribution in [2.45, 2.75) is 24.3 Å². The van der Waals surface area contributed by atoms with Gasteiger partial charge in [-0.2, -0.15) is 0 Å². The van der Waals surface area contributed by atoms with Crippen LogP contribution in [0, 0.1) is 17.6 Å². The van der Waals surface area contributed by atoms with Crippen LogP contribution in [-0.2, 0) is 16.6 Å². The molecular formula is C13H18F2N2O2S. The molecule has 0 aliphatic heterocycles. The highest BCUT2D eigenvalue weighted by Crippen LogP contribution is 2.31. The predicted octanol–water partition coefficient (Wildman–Crippen LogP) is 1.71. The van der Waals surface area contributed by atoms with Crippen LogP contribution in [0.1, 0.15) is 18.4 Å². The summed E-state index contributed by atoms with van der Waals surface area (Å²) in [5, 5.41) is 2.63. The van der Waals surface area contributed by atoms with E-state index in [-0.39, 0.29) is 12.1 Å². The molecule has 1 aromatic rings. The van der Waals surface area contributed by atoms with Crippen molar-refractivity contribution < 1.29 is 17.2 Å². The third-order valence-corrected chi connectivity index (χ3v) is 5.25. The fourth-order valence-electron chi connectivity index (χ4n) is 2.04. The van der Waals surface area contributed by atoms with Crippen molar-refractivity contribution in [2.24, 2.45) is 5.92 Å². The van der Waals surface area contributed by atoms with Gasteiger partial charge in [-0.3, -0.25) is 0 Å². The summed E-state index contributed by atoms with van der Waals surface area (Å²) in [6, 6.07) is 1.98. The quantitative estimate of drug-likeness (QED) is 0.870. The topological polar surface area (TPSA) is 49.4 Å². The average molecular weight is 304 g/mol. The summed E-state index contributed by atoms with van der Waals surface area (Å²) in [6.45, 7) is 0.313. The van der Waals surface area contributed by atoms with E-state index >= 15 is 0 Å². The Labute approximate surface area is 117 Å². The van der Waals surface area contributed by atoms with Crippen LogP contribution in [0.4, 0.5) is 8.78 Å². The Kier molecular flexibility index (Phi) is 4.41. The summed E-state index contributed by atoms with van der Waals surface area (Å²) in [7, 11) is -0.953. The van der Waals surface area contributed by atoms with E-state index < -0.39 is 26.6 Å². The van der Waals surface area contributed by atoms with E-state index in [1.807, 2.05) is 0 Å². The van der Waals surface area contributed by atoms with Gasteiger partial charge in [0, 0.05) is 25.7 Å². The molecule has 1 fully saturated rings. The van der Waals surface area contributed by atoms with Crippen LogP contribution in [0.3, 0.4) is 0 Å². The molecule has 112 valence electrons. The number of nitrogens with zero attached hydrogens (tertiary/aromatic N) is 1. The molecule has 20 heavy (non-hydrogen) atoms. The third-order valence-electron chi connectivity index (χ3n) is 3.40. The van der Waals surface area contributed by atoms with Gasteiger partial charge in [0.15, 0.2) is 5.82 Å². The molecule has 1 saturated carbocycles. The lowest BCUT2D eigenvalue weighted by Crippen LogP contribution is -2.30. The van der Waals surface area contributed by atoms with Gasteiger partial charge in [0.05, 0.1) is 0 Å². The molecule has 7 heteroatoms. The van der Waals surface area contributed by atoms with E-state index in [9.17, 15) is 17.2 Å². The highest BCUT2D eigenvalue weighted by molar-refractivity contribution is 7.89. The number of benzene rings is 1. The Balaban J connectivity index is 2.37. The second-order valence-corrected chi connectivity index (χ2v) is 7.11. The zero-order valence-corrected chi connectivity index (χ0v) is 12.3. The minimum atomic E-state index is -3.92. The van der Waals surface area contributed by atoms with Crippen molar-refractivity contribution >= 4 is 10.0 Å². The Hall–Kier alpha value is -1.05. The van der Waals surface area contributed by atoms with Crippen LogP contribution in [-0.4, -0.2) is 33.4 Å². The lowest BCUT2D eigenvalue weighted by atomic mass is 10.2. The molecule has 0 spiro atoms. The minimum absolute atomic E-state index is 0.0621. The Morgan fingerprint density at radius 1 is 1.35 bits per heavy atom. The largest absolute Gasteiger partial charge is 0.315 e. The maximum Gasteiger partial charge on any atom is 0.245 e. The molecule has 1 aliphatic rings. The Morgan fingerprint density at radius 2 is 2.00 bits per heavy atom. The van der Waals surface area contributed by atoms with Crippen LogP contribution in [0.2, 0.25) is 0 Å². The summed E-state index contributed by atoms with van der Waals surface area (Å²) in [5.74, 6) is -1.40. The predicted molar refractivity (Wildman–Crippen MR) is 71.7 cm³/mol. The fourth-order valence-corrected chi connectivity index (χ4v) is 3.38. The van der Waals surface area contributed by atoms with E-state index in [1.54, 1.807) is 7.05 Å². The van der Waals surface area contributed by atoms with Gasteiger partial charge in [0.25, 0.3) is 0 Å². The van der Waals surface area contributed by atoms with Gasteiger partial charge < -0.3 is 5.32 Å². The van der Waals surface area contributed by atoms with Crippen LogP contribution in [0.15, 0.2) is 17.0 Å². The van der Waals surface area contributed by atoms with Crippen molar-refractivity contribution in [2.75, 3.05) is 20.6 Å². The lowest BCUT2D eigenvalue weighted by molar-refractivity contribution is 0.444. The summed E-state index contributed by atoms with van der Waals surface area (Å²) in [6.07, 6.45) is 1.99. The van der Waals surface area contributed by atoms with E-state index in [0.717, 1.165) is 29.3 Å². The SMILES string of the molecule is CNCc1c(F)ccc(S(=O)(=O)N(C)CC2CC2)c1F. The standard InChI is InChI=1S/C13H18F2N2O2S/c1-16-7-10-11(14)5-6-12(13(10)15)20(18,19)17(2)8-9-3-4-9/h5-6,9,16H,3-4,7-8H2,1-2H3. The van der Waals surface area contributed by atoms with Gasteiger partial charge >= 0.3 is 0 Å². The monoisotopic (exact) mass is 304 g/mol. The van der Waals surface area contributed by atoms with Crippen LogP contribution >= 0.6 is 0 Å². The van der Waals surface area contributed by atoms with Crippen molar-refractivity contribution in [1.29, 1.82) is 0 Å². The number of nitrogens with one attached hydrogen (secondary N) is 1. The Morgan fingerprint density at radius 3 is 2.55 bits per heavy atom. The van der Waals surface area contributed by atoms with Gasteiger partial charge in [0.2, 0.25) is 10.0 Å². The molecule has 0 bridgehead atoms. The van der Waals surface area contributed by atoms with Crippen LogP contribution in [0.5, 0.6) is 0 Å². The van der Waals surface area contributed by atoms with Gasteiger partial charge in [-0.15, -0.1) is 0 Å². The molecule has 2 rings (SSSR count). The molecule has 0 saturated heterocycles. The molecule has 1 aromatic carbocycles. The smallest absolute Gasteiger partial charge is 0.245 e. The maximum absolute atomic E-state index is 14.2. The summed E-state index contributed by atoms with van der Waals surface area (Å²) < 4.78 is 53.6. The van der Waals surface area contributed by atoms with Gasteiger partial charge in [-0.25, -0.2) is 21.5 Å². The van der Waals surface area contributed by atoms with Crippen molar-refractivity contribution in [1.82, 2.24) is 9.62 Å². The fraction of sp³-hybridized carbons (Fsp3) is 0.538. The highest BCUT2D eigenvalue weighted by atomic mass is 32.2. The summed E-state index contributed by atoms with van der Waals surface area (Å²) in [4.78, 5) is -0.465. The minimum Gasteiger partial charge on any atom is -0.315 e. The second kappa shape index (κ2) is 5.75. The average Bonchev–Trinajstić information content (AvgIpc) is 3.18. The maximum atomic E-state index is 14.2. The van der Waals surface area contributed by atoms with Crippen molar-refractivity contribution in [3.05, 3.63) is 29.3 Å². The zero-order chi connectivity index (χ0) is 14.9. The van der Waals surface area contributed by atoms with Crippen molar-refractivity contribution in [3.8, 4) is 0 Å². The van der Waals surface area contributed by atoms with Gasteiger partial charge in [-0.05, 0) is 37.9 Å². The first-order valence-corrected chi connectivity index (χ1v) is 7.89. The molecule has 0 atom stereocenters. The van der Waals surface area contributed by atoms with Gasteiger partial charge in [-0.1, -0.05) is 0 Å². The van der Waals surface area contributed by atoms with E-state index in [1.165, 1.54) is 7.05 Å².